The number of aryl methyl sites for hydroxylation is 1. The van der Waals surface area contributed by atoms with Gasteiger partial charge in [-0.2, -0.15) is 0 Å². The van der Waals surface area contributed by atoms with E-state index in [9.17, 15) is 4.79 Å². The molecule has 0 bridgehead atoms. The van der Waals surface area contributed by atoms with Crippen LogP contribution in [-0.2, 0) is 17.6 Å². The summed E-state index contributed by atoms with van der Waals surface area (Å²) in [6.45, 7) is 4.96. The molecule has 0 radical (unpaired) electrons. The molecule has 5 nitrogen and oxygen atoms in total. The van der Waals surface area contributed by atoms with E-state index in [1.54, 1.807) is 0 Å². The summed E-state index contributed by atoms with van der Waals surface area (Å²) >= 11 is 0. The summed E-state index contributed by atoms with van der Waals surface area (Å²) in [5, 5.41) is 3.07. The Kier molecular flexibility index (Phi) is 6.89. The maximum atomic E-state index is 12.7. The average Bonchev–Trinajstić information content (AvgIpc) is 3.07. The van der Waals surface area contributed by atoms with Crippen molar-refractivity contribution in [2.45, 2.75) is 32.1 Å². The number of ether oxygens (including phenoxy) is 1. The van der Waals surface area contributed by atoms with Crippen LogP contribution in [0.25, 0.3) is 16.9 Å². The van der Waals surface area contributed by atoms with E-state index in [1.165, 1.54) is 41.8 Å². The number of fused-ring (bicyclic) bond motifs is 1. The van der Waals surface area contributed by atoms with Gasteiger partial charge in [-0.3, -0.25) is 9.69 Å². The molecule has 2 aliphatic rings. The van der Waals surface area contributed by atoms with Crippen LogP contribution in [0.2, 0.25) is 0 Å². The minimum atomic E-state index is -0.00979. The summed E-state index contributed by atoms with van der Waals surface area (Å²) in [4.78, 5) is 15.0. The Hall–Kier alpha value is -2.89. The van der Waals surface area contributed by atoms with Gasteiger partial charge >= 0.3 is 0 Å². The summed E-state index contributed by atoms with van der Waals surface area (Å²) in [7, 11) is 0. The number of amides is 1. The molecule has 1 aromatic heterocycles. The molecule has 1 N–H and O–H groups in total. The summed E-state index contributed by atoms with van der Waals surface area (Å²) in [6.07, 6.45) is 6.03. The quantitative estimate of drug-likeness (QED) is 0.572. The number of nitrogens with one attached hydrogen (secondary N) is 1. The Morgan fingerprint density at radius 2 is 1.67 bits per heavy atom. The first-order valence-corrected chi connectivity index (χ1v) is 12.3. The van der Waals surface area contributed by atoms with E-state index < -0.39 is 0 Å². The number of carbonyl (C=O) groups is 1. The molecule has 5 heteroatoms. The van der Waals surface area contributed by atoms with Gasteiger partial charge < -0.3 is 14.6 Å². The zero-order chi connectivity index (χ0) is 22.5. The van der Waals surface area contributed by atoms with Crippen molar-refractivity contribution >= 4 is 5.91 Å². The zero-order valence-corrected chi connectivity index (χ0v) is 19.3. The SMILES string of the molecule is O=C(NCCN1CCOCC1)c1ccc(-n2c(-c3ccccc3)cc3c2CCCCC3)cc1. The summed E-state index contributed by atoms with van der Waals surface area (Å²) < 4.78 is 7.80. The third kappa shape index (κ3) is 5.05. The fourth-order valence-electron chi connectivity index (χ4n) is 5.01. The van der Waals surface area contributed by atoms with Gasteiger partial charge in [0.2, 0.25) is 0 Å². The van der Waals surface area contributed by atoms with Crippen LogP contribution >= 0.6 is 0 Å². The smallest absolute Gasteiger partial charge is 0.251 e. The number of hydrogen-bond donors (Lipinski definition) is 1. The average molecular weight is 444 g/mol. The van der Waals surface area contributed by atoms with Crippen molar-refractivity contribution in [2.24, 2.45) is 0 Å². The highest BCUT2D eigenvalue weighted by molar-refractivity contribution is 5.94. The number of benzene rings is 2. The van der Waals surface area contributed by atoms with Crippen molar-refractivity contribution in [3.63, 3.8) is 0 Å². The molecule has 2 aromatic carbocycles. The van der Waals surface area contributed by atoms with E-state index in [-0.39, 0.29) is 5.91 Å². The van der Waals surface area contributed by atoms with E-state index in [0.29, 0.717) is 12.1 Å². The first-order chi connectivity index (χ1) is 16.3. The first kappa shape index (κ1) is 21.9. The molecule has 0 spiro atoms. The van der Waals surface area contributed by atoms with Gasteiger partial charge in [0.1, 0.15) is 0 Å². The van der Waals surface area contributed by atoms with Crippen LogP contribution in [0, 0.1) is 0 Å². The van der Waals surface area contributed by atoms with Crippen LogP contribution in [0.15, 0.2) is 60.7 Å². The van der Waals surface area contributed by atoms with Crippen LogP contribution in [0.1, 0.15) is 40.9 Å². The number of hydrogen-bond acceptors (Lipinski definition) is 3. The first-order valence-electron chi connectivity index (χ1n) is 12.3. The van der Waals surface area contributed by atoms with Crippen molar-refractivity contribution in [2.75, 3.05) is 39.4 Å². The van der Waals surface area contributed by atoms with Crippen LogP contribution in [-0.4, -0.2) is 54.8 Å². The number of carbonyl (C=O) groups excluding carboxylic acids is 1. The molecule has 1 aliphatic heterocycles. The lowest BCUT2D eigenvalue weighted by molar-refractivity contribution is 0.0383. The molecule has 1 fully saturated rings. The molecule has 33 heavy (non-hydrogen) atoms. The van der Waals surface area contributed by atoms with Crippen LogP contribution in [0.3, 0.4) is 0 Å². The predicted octanol–water partition coefficient (Wildman–Crippen LogP) is 4.48. The largest absolute Gasteiger partial charge is 0.379 e. The van der Waals surface area contributed by atoms with Gasteiger partial charge in [0.25, 0.3) is 5.91 Å². The van der Waals surface area contributed by atoms with Crippen molar-refractivity contribution in [1.29, 1.82) is 0 Å². The van der Waals surface area contributed by atoms with E-state index in [0.717, 1.165) is 51.4 Å². The third-order valence-corrected chi connectivity index (χ3v) is 6.83. The highest BCUT2D eigenvalue weighted by Crippen LogP contribution is 2.33. The van der Waals surface area contributed by atoms with E-state index in [1.807, 2.05) is 12.1 Å². The molecule has 3 aromatic rings. The lowest BCUT2D eigenvalue weighted by atomic mass is 10.1. The Labute approximate surface area is 196 Å². The number of rotatable bonds is 6. The highest BCUT2D eigenvalue weighted by atomic mass is 16.5. The van der Waals surface area contributed by atoms with Gasteiger partial charge in [0.05, 0.1) is 18.9 Å². The van der Waals surface area contributed by atoms with Crippen molar-refractivity contribution < 1.29 is 9.53 Å². The normalized spacial score (nSPS) is 16.7. The second-order valence-electron chi connectivity index (χ2n) is 9.02. The zero-order valence-electron chi connectivity index (χ0n) is 19.3. The minimum absolute atomic E-state index is 0.00979. The molecule has 2 heterocycles. The number of aromatic nitrogens is 1. The lowest BCUT2D eigenvalue weighted by Crippen LogP contribution is -2.41. The second-order valence-corrected chi connectivity index (χ2v) is 9.02. The molecule has 0 atom stereocenters. The van der Waals surface area contributed by atoms with Crippen LogP contribution < -0.4 is 5.32 Å². The van der Waals surface area contributed by atoms with Gasteiger partial charge in [-0.1, -0.05) is 36.8 Å². The predicted molar refractivity (Wildman–Crippen MR) is 132 cm³/mol. The molecule has 172 valence electrons. The highest BCUT2D eigenvalue weighted by Gasteiger charge is 2.19. The van der Waals surface area contributed by atoms with Gasteiger partial charge in [-0.05, 0) is 67.1 Å². The fourth-order valence-corrected chi connectivity index (χ4v) is 5.01. The van der Waals surface area contributed by atoms with Crippen LogP contribution in [0.5, 0.6) is 0 Å². The lowest BCUT2D eigenvalue weighted by Gasteiger charge is -2.26. The summed E-state index contributed by atoms with van der Waals surface area (Å²) in [5.41, 5.74) is 7.20. The topological polar surface area (TPSA) is 46.5 Å². The molecule has 0 unspecified atom stereocenters. The molecule has 5 rings (SSSR count). The van der Waals surface area contributed by atoms with Gasteiger partial charge in [-0.25, -0.2) is 0 Å². The molecular formula is C28H33N3O2. The maximum absolute atomic E-state index is 12.7. The van der Waals surface area contributed by atoms with Gasteiger partial charge in [0.15, 0.2) is 0 Å². The van der Waals surface area contributed by atoms with Gasteiger partial charge in [-0.15, -0.1) is 0 Å². The Balaban J connectivity index is 1.35. The number of morpholine rings is 1. The Morgan fingerprint density at radius 3 is 2.45 bits per heavy atom. The standard InChI is InChI=1S/C28H33N3O2/c32-28(29-15-16-30-17-19-33-20-18-30)23-11-13-25(14-12-23)31-26-10-6-2-5-9-24(26)21-27(31)22-7-3-1-4-8-22/h1,3-4,7-8,11-14,21H,2,5-6,9-10,15-20H2,(H,29,32). The third-order valence-electron chi connectivity index (χ3n) is 6.83. The molecule has 1 saturated heterocycles. The fraction of sp³-hybridized carbons (Fsp3) is 0.393. The summed E-state index contributed by atoms with van der Waals surface area (Å²) in [5.74, 6) is -0.00979. The molecular weight excluding hydrogens is 410 g/mol. The van der Waals surface area contributed by atoms with E-state index in [4.69, 9.17) is 4.74 Å². The summed E-state index contributed by atoms with van der Waals surface area (Å²) in [6, 6.07) is 21.1. The second kappa shape index (κ2) is 10.4. The maximum Gasteiger partial charge on any atom is 0.251 e. The van der Waals surface area contributed by atoms with E-state index >= 15 is 0 Å². The Morgan fingerprint density at radius 1 is 0.909 bits per heavy atom. The monoisotopic (exact) mass is 443 g/mol. The minimum Gasteiger partial charge on any atom is -0.379 e. The number of nitrogens with zero attached hydrogens (tertiary/aromatic N) is 2. The molecule has 1 amide bonds. The van der Waals surface area contributed by atoms with E-state index in [2.05, 4.69) is 63.3 Å². The van der Waals surface area contributed by atoms with Crippen molar-refractivity contribution in [1.82, 2.24) is 14.8 Å². The van der Waals surface area contributed by atoms with Gasteiger partial charge in [0, 0.05) is 43.1 Å². The van der Waals surface area contributed by atoms with Crippen molar-refractivity contribution in [3.05, 3.63) is 77.5 Å². The molecule has 1 aliphatic carbocycles. The Bertz CT molecular complexity index is 1070. The van der Waals surface area contributed by atoms with Crippen molar-refractivity contribution in [3.8, 4) is 16.9 Å². The molecule has 0 saturated carbocycles. The van der Waals surface area contributed by atoms with Crippen LogP contribution in [0.4, 0.5) is 0 Å².